The summed E-state index contributed by atoms with van der Waals surface area (Å²) in [5, 5.41) is 3.81. The predicted octanol–water partition coefficient (Wildman–Crippen LogP) is 5.18. The van der Waals surface area contributed by atoms with Crippen molar-refractivity contribution in [2.24, 2.45) is 5.73 Å². The Bertz CT molecular complexity index is 1210. The second-order valence-electron chi connectivity index (χ2n) is 7.49. The SMILES string of the molecule is NC(=O)Cc1ccc(-n2nc(C(F)(F)F)cc2-c2ccc(Cc3ccccc3)cc2)cc1. The molecule has 4 nitrogen and oxygen atoms in total. The summed E-state index contributed by atoms with van der Waals surface area (Å²) in [6, 6.07) is 25.0. The lowest BCUT2D eigenvalue weighted by Gasteiger charge is -2.09. The Morgan fingerprint density at radius 3 is 2.03 bits per heavy atom. The lowest BCUT2D eigenvalue weighted by Crippen LogP contribution is -2.13. The molecule has 162 valence electrons. The number of hydrogen-bond donors (Lipinski definition) is 1. The summed E-state index contributed by atoms with van der Waals surface area (Å²) in [7, 11) is 0. The normalized spacial score (nSPS) is 11.5. The Morgan fingerprint density at radius 1 is 0.844 bits per heavy atom. The number of carbonyl (C=O) groups excluding carboxylic acids is 1. The third-order valence-corrected chi connectivity index (χ3v) is 5.06. The van der Waals surface area contributed by atoms with Gasteiger partial charge in [-0.1, -0.05) is 66.7 Å². The van der Waals surface area contributed by atoms with Crippen LogP contribution in [0.2, 0.25) is 0 Å². The number of amides is 1. The van der Waals surface area contributed by atoms with Crippen molar-refractivity contribution in [2.45, 2.75) is 19.0 Å². The molecule has 4 rings (SSSR count). The lowest BCUT2D eigenvalue weighted by atomic mass is 10.0. The summed E-state index contributed by atoms with van der Waals surface area (Å²) in [6.45, 7) is 0. The number of primary amides is 1. The molecule has 0 saturated carbocycles. The number of nitrogens with zero attached hydrogens (tertiary/aromatic N) is 2. The van der Waals surface area contributed by atoms with Gasteiger partial charge in [-0.15, -0.1) is 0 Å². The zero-order chi connectivity index (χ0) is 22.7. The van der Waals surface area contributed by atoms with E-state index in [1.165, 1.54) is 4.68 Å². The second-order valence-corrected chi connectivity index (χ2v) is 7.49. The van der Waals surface area contributed by atoms with Gasteiger partial charge in [-0.2, -0.15) is 18.3 Å². The van der Waals surface area contributed by atoms with Crippen molar-refractivity contribution in [2.75, 3.05) is 0 Å². The second kappa shape index (κ2) is 8.70. The average Bonchev–Trinajstić information content (AvgIpc) is 3.21. The van der Waals surface area contributed by atoms with E-state index in [1.807, 2.05) is 42.5 Å². The molecule has 0 radical (unpaired) electrons. The van der Waals surface area contributed by atoms with Crippen LogP contribution < -0.4 is 5.73 Å². The zero-order valence-electron chi connectivity index (χ0n) is 17.0. The molecule has 1 aromatic heterocycles. The van der Waals surface area contributed by atoms with Crippen molar-refractivity contribution >= 4 is 5.91 Å². The number of benzene rings is 3. The van der Waals surface area contributed by atoms with E-state index in [-0.39, 0.29) is 6.42 Å². The van der Waals surface area contributed by atoms with E-state index < -0.39 is 17.8 Å². The van der Waals surface area contributed by atoms with Crippen LogP contribution in [0, 0.1) is 0 Å². The molecule has 0 saturated heterocycles. The van der Waals surface area contributed by atoms with Crippen LogP contribution in [0.15, 0.2) is 84.9 Å². The highest BCUT2D eigenvalue weighted by Crippen LogP contribution is 2.33. The fourth-order valence-corrected chi connectivity index (χ4v) is 3.50. The Hall–Kier alpha value is -3.87. The van der Waals surface area contributed by atoms with Crippen LogP contribution >= 0.6 is 0 Å². The van der Waals surface area contributed by atoms with Gasteiger partial charge in [0.1, 0.15) is 0 Å². The van der Waals surface area contributed by atoms with Crippen molar-refractivity contribution in [3.63, 3.8) is 0 Å². The minimum atomic E-state index is -4.57. The maximum Gasteiger partial charge on any atom is 0.435 e. The quantitative estimate of drug-likeness (QED) is 0.454. The fourth-order valence-electron chi connectivity index (χ4n) is 3.50. The molecule has 0 aliphatic carbocycles. The number of halogens is 3. The van der Waals surface area contributed by atoms with E-state index in [9.17, 15) is 18.0 Å². The number of nitrogens with two attached hydrogens (primary N) is 1. The molecule has 0 atom stereocenters. The first-order valence-electron chi connectivity index (χ1n) is 9.98. The molecule has 0 aliphatic heterocycles. The number of hydrogen-bond acceptors (Lipinski definition) is 2. The van der Waals surface area contributed by atoms with Gasteiger partial charge in [0.05, 0.1) is 17.8 Å². The first-order chi connectivity index (χ1) is 15.3. The zero-order valence-corrected chi connectivity index (χ0v) is 17.0. The third-order valence-electron chi connectivity index (χ3n) is 5.06. The number of aromatic nitrogens is 2. The highest BCUT2D eigenvalue weighted by molar-refractivity contribution is 5.76. The largest absolute Gasteiger partial charge is 0.435 e. The molecule has 4 aromatic rings. The van der Waals surface area contributed by atoms with Gasteiger partial charge in [-0.3, -0.25) is 4.79 Å². The smallest absolute Gasteiger partial charge is 0.369 e. The van der Waals surface area contributed by atoms with E-state index >= 15 is 0 Å². The first kappa shape index (κ1) is 21.4. The number of rotatable bonds is 6. The standard InChI is InChI=1S/C25H20F3N3O/c26-25(27,28)23-16-22(31(30-23)21-12-8-19(9-13-21)15-24(29)32)20-10-6-18(7-11-20)14-17-4-2-1-3-5-17/h1-13,16H,14-15H2,(H2,29,32). The molecule has 0 aliphatic rings. The van der Waals surface area contributed by atoms with Gasteiger partial charge in [0.25, 0.3) is 0 Å². The molecule has 0 unspecified atom stereocenters. The van der Waals surface area contributed by atoms with Gasteiger partial charge in [-0.25, -0.2) is 4.68 Å². The average molecular weight is 435 g/mol. The van der Waals surface area contributed by atoms with E-state index in [2.05, 4.69) is 5.10 Å². The fraction of sp³-hybridized carbons (Fsp3) is 0.120. The Labute approximate surface area is 183 Å². The van der Waals surface area contributed by atoms with Crippen LogP contribution in [0.4, 0.5) is 13.2 Å². The first-order valence-corrected chi connectivity index (χ1v) is 9.98. The minimum Gasteiger partial charge on any atom is -0.369 e. The molecular weight excluding hydrogens is 415 g/mol. The maximum absolute atomic E-state index is 13.4. The van der Waals surface area contributed by atoms with Crippen LogP contribution in [0.3, 0.4) is 0 Å². The van der Waals surface area contributed by atoms with Crippen molar-refractivity contribution in [1.29, 1.82) is 0 Å². The summed E-state index contributed by atoms with van der Waals surface area (Å²) in [5.41, 5.74) is 8.52. The summed E-state index contributed by atoms with van der Waals surface area (Å²) in [5.74, 6) is -0.479. The van der Waals surface area contributed by atoms with E-state index in [0.29, 0.717) is 22.5 Å². The van der Waals surface area contributed by atoms with Crippen molar-refractivity contribution in [3.8, 4) is 16.9 Å². The molecular formula is C25H20F3N3O. The van der Waals surface area contributed by atoms with Crippen LogP contribution in [0.1, 0.15) is 22.4 Å². The minimum absolute atomic E-state index is 0.0585. The summed E-state index contributed by atoms with van der Waals surface area (Å²) in [6.07, 6.45) is -3.78. The van der Waals surface area contributed by atoms with Crippen molar-refractivity contribution in [1.82, 2.24) is 9.78 Å². The van der Waals surface area contributed by atoms with Gasteiger partial charge < -0.3 is 5.73 Å². The molecule has 32 heavy (non-hydrogen) atoms. The van der Waals surface area contributed by atoms with Gasteiger partial charge in [-0.05, 0) is 41.3 Å². The van der Waals surface area contributed by atoms with Crippen LogP contribution in [0.5, 0.6) is 0 Å². The van der Waals surface area contributed by atoms with Crippen LogP contribution in [-0.2, 0) is 23.8 Å². The summed E-state index contributed by atoms with van der Waals surface area (Å²) >= 11 is 0. The number of carbonyl (C=O) groups is 1. The van der Waals surface area contributed by atoms with Crippen LogP contribution in [-0.4, -0.2) is 15.7 Å². The van der Waals surface area contributed by atoms with E-state index in [4.69, 9.17) is 5.73 Å². The molecule has 1 amide bonds. The van der Waals surface area contributed by atoms with Gasteiger partial charge >= 0.3 is 6.18 Å². The highest BCUT2D eigenvalue weighted by atomic mass is 19.4. The summed E-state index contributed by atoms with van der Waals surface area (Å²) in [4.78, 5) is 11.1. The van der Waals surface area contributed by atoms with Crippen molar-refractivity contribution in [3.05, 3.63) is 107 Å². The molecule has 1 heterocycles. The third kappa shape index (κ3) is 4.88. The Balaban J connectivity index is 1.68. The molecule has 3 aromatic carbocycles. The Kier molecular flexibility index (Phi) is 5.81. The lowest BCUT2D eigenvalue weighted by molar-refractivity contribution is -0.141. The van der Waals surface area contributed by atoms with Gasteiger partial charge in [0.2, 0.25) is 5.91 Å². The van der Waals surface area contributed by atoms with E-state index in [1.54, 1.807) is 36.4 Å². The van der Waals surface area contributed by atoms with Gasteiger partial charge in [0, 0.05) is 5.56 Å². The number of alkyl halides is 3. The molecule has 0 bridgehead atoms. The monoisotopic (exact) mass is 435 g/mol. The molecule has 7 heteroatoms. The van der Waals surface area contributed by atoms with Crippen molar-refractivity contribution < 1.29 is 18.0 Å². The molecule has 0 fully saturated rings. The molecule has 0 spiro atoms. The summed E-state index contributed by atoms with van der Waals surface area (Å²) < 4.78 is 41.5. The highest BCUT2D eigenvalue weighted by Gasteiger charge is 2.35. The Morgan fingerprint density at radius 2 is 1.44 bits per heavy atom. The maximum atomic E-state index is 13.4. The topological polar surface area (TPSA) is 60.9 Å². The van der Waals surface area contributed by atoms with Gasteiger partial charge in [0.15, 0.2) is 5.69 Å². The predicted molar refractivity (Wildman–Crippen MR) is 116 cm³/mol. The molecule has 2 N–H and O–H groups in total. The van der Waals surface area contributed by atoms with E-state index in [0.717, 1.165) is 23.6 Å². The van der Waals surface area contributed by atoms with Crippen LogP contribution in [0.25, 0.3) is 16.9 Å².